The zero-order chi connectivity index (χ0) is 11.5. The first-order valence-electron chi connectivity index (χ1n) is 5.31. The maximum atomic E-state index is 9.20. The van der Waals surface area contributed by atoms with Crippen LogP contribution in [0.15, 0.2) is 12.3 Å². The summed E-state index contributed by atoms with van der Waals surface area (Å²) in [6.45, 7) is 0.810. The number of hydrogen-bond acceptors (Lipinski definition) is 5. The molecular weight excluding hydrogens is 204 g/mol. The van der Waals surface area contributed by atoms with Crippen molar-refractivity contribution in [3.63, 3.8) is 0 Å². The molecular formula is C11H14N4O. The van der Waals surface area contributed by atoms with Gasteiger partial charge in [-0.25, -0.2) is 0 Å². The summed E-state index contributed by atoms with van der Waals surface area (Å²) in [6.07, 6.45) is 3.05. The number of nitriles is 1. The van der Waals surface area contributed by atoms with Crippen molar-refractivity contribution in [1.29, 1.82) is 5.26 Å². The molecule has 0 aromatic carbocycles. The monoisotopic (exact) mass is 218 g/mol. The van der Waals surface area contributed by atoms with Gasteiger partial charge in [0.1, 0.15) is 6.07 Å². The van der Waals surface area contributed by atoms with E-state index in [4.69, 9.17) is 5.26 Å². The summed E-state index contributed by atoms with van der Waals surface area (Å²) < 4.78 is 0. The van der Waals surface area contributed by atoms with Gasteiger partial charge in [0.25, 0.3) is 0 Å². The molecule has 0 radical (unpaired) electrons. The number of hydrogen-bond donors (Lipinski definition) is 1. The third-order valence-electron chi connectivity index (χ3n) is 2.93. The maximum absolute atomic E-state index is 9.20. The average Bonchev–Trinajstić information content (AvgIpc) is 2.27. The first kappa shape index (κ1) is 10.8. The Morgan fingerprint density at radius 1 is 1.62 bits per heavy atom. The smallest absolute Gasteiger partial charge is 0.168 e. The summed E-state index contributed by atoms with van der Waals surface area (Å²) >= 11 is 0. The van der Waals surface area contributed by atoms with Gasteiger partial charge in [-0.05, 0) is 24.8 Å². The maximum Gasteiger partial charge on any atom is 0.168 e. The predicted octanol–water partition coefficient (Wildman–Crippen LogP) is 0.555. The Morgan fingerprint density at radius 2 is 2.38 bits per heavy atom. The van der Waals surface area contributed by atoms with Gasteiger partial charge in [-0.1, -0.05) is 0 Å². The van der Waals surface area contributed by atoms with Gasteiger partial charge in [0.2, 0.25) is 0 Å². The van der Waals surface area contributed by atoms with E-state index in [1.165, 1.54) is 6.20 Å². The predicted molar refractivity (Wildman–Crippen MR) is 58.7 cm³/mol. The Hall–Kier alpha value is -1.67. The zero-order valence-electron chi connectivity index (χ0n) is 9.17. The number of aromatic nitrogens is 2. The van der Waals surface area contributed by atoms with Crippen LogP contribution in [0, 0.1) is 17.2 Å². The molecule has 16 heavy (non-hydrogen) atoms. The standard InChI is InChI=1S/C11H14N4O/c1-15(7-8-4-10(16)5-8)11-9(6-12)2-3-13-14-11/h2-3,8,10,16H,4-5,7H2,1H3. The van der Waals surface area contributed by atoms with Crippen molar-refractivity contribution in [3.8, 4) is 6.07 Å². The first-order chi connectivity index (χ1) is 7.70. The zero-order valence-corrected chi connectivity index (χ0v) is 9.17. The summed E-state index contributed by atoms with van der Waals surface area (Å²) in [5.74, 6) is 1.11. The molecule has 1 N–H and O–H groups in total. The van der Waals surface area contributed by atoms with Crippen LogP contribution in [0.3, 0.4) is 0 Å². The minimum Gasteiger partial charge on any atom is -0.393 e. The molecule has 1 heterocycles. The normalized spacial score (nSPS) is 23.3. The highest BCUT2D eigenvalue weighted by Crippen LogP contribution is 2.29. The van der Waals surface area contributed by atoms with Crippen molar-refractivity contribution < 1.29 is 5.11 Å². The Bertz CT molecular complexity index is 409. The lowest BCUT2D eigenvalue weighted by atomic mass is 9.82. The number of aliphatic hydroxyl groups is 1. The third kappa shape index (κ3) is 2.12. The van der Waals surface area contributed by atoms with Crippen molar-refractivity contribution in [2.75, 3.05) is 18.5 Å². The summed E-state index contributed by atoms with van der Waals surface area (Å²) in [6, 6.07) is 3.76. The summed E-state index contributed by atoms with van der Waals surface area (Å²) in [5, 5.41) is 25.9. The van der Waals surface area contributed by atoms with Crippen LogP contribution in [0.4, 0.5) is 5.82 Å². The molecule has 2 rings (SSSR count). The molecule has 1 aromatic heterocycles. The lowest BCUT2D eigenvalue weighted by Crippen LogP contribution is -2.37. The molecule has 1 aliphatic rings. The molecule has 5 heteroatoms. The van der Waals surface area contributed by atoms with E-state index >= 15 is 0 Å². The fourth-order valence-electron chi connectivity index (χ4n) is 2.02. The van der Waals surface area contributed by atoms with Gasteiger partial charge < -0.3 is 10.0 Å². The van der Waals surface area contributed by atoms with Crippen LogP contribution in [0.1, 0.15) is 18.4 Å². The highest BCUT2D eigenvalue weighted by molar-refractivity contribution is 5.51. The Balaban J connectivity index is 2.03. The van der Waals surface area contributed by atoms with E-state index in [0.717, 1.165) is 19.4 Å². The lowest BCUT2D eigenvalue weighted by molar-refractivity contribution is 0.0464. The van der Waals surface area contributed by atoms with E-state index in [-0.39, 0.29) is 6.10 Å². The van der Waals surface area contributed by atoms with Crippen molar-refractivity contribution >= 4 is 5.82 Å². The molecule has 1 aliphatic carbocycles. The summed E-state index contributed by atoms with van der Waals surface area (Å²) in [7, 11) is 1.90. The van der Waals surface area contributed by atoms with E-state index in [1.54, 1.807) is 6.07 Å². The summed E-state index contributed by atoms with van der Waals surface area (Å²) in [4.78, 5) is 1.93. The van der Waals surface area contributed by atoms with Gasteiger partial charge in [0.15, 0.2) is 5.82 Å². The SMILES string of the molecule is CN(CC1CC(O)C1)c1nnccc1C#N. The number of aliphatic hydroxyl groups excluding tert-OH is 1. The van der Waals surface area contributed by atoms with Gasteiger partial charge in [0, 0.05) is 13.6 Å². The molecule has 1 aromatic rings. The number of anilines is 1. The second kappa shape index (κ2) is 4.45. The van der Waals surface area contributed by atoms with E-state index in [9.17, 15) is 5.11 Å². The average molecular weight is 218 g/mol. The second-order valence-corrected chi connectivity index (χ2v) is 4.25. The molecule has 0 atom stereocenters. The Labute approximate surface area is 94.3 Å². The van der Waals surface area contributed by atoms with E-state index in [1.807, 2.05) is 11.9 Å². The van der Waals surface area contributed by atoms with Gasteiger partial charge in [0.05, 0.1) is 17.9 Å². The van der Waals surface area contributed by atoms with Crippen molar-refractivity contribution in [2.45, 2.75) is 18.9 Å². The van der Waals surface area contributed by atoms with Crippen LogP contribution in [-0.4, -0.2) is 35.0 Å². The second-order valence-electron chi connectivity index (χ2n) is 4.25. The molecule has 0 unspecified atom stereocenters. The molecule has 84 valence electrons. The van der Waals surface area contributed by atoms with E-state index in [2.05, 4.69) is 16.3 Å². The largest absolute Gasteiger partial charge is 0.393 e. The van der Waals surface area contributed by atoms with Gasteiger partial charge in [-0.2, -0.15) is 10.4 Å². The number of nitrogens with zero attached hydrogens (tertiary/aromatic N) is 4. The Morgan fingerprint density at radius 3 is 3.00 bits per heavy atom. The molecule has 1 saturated carbocycles. The third-order valence-corrected chi connectivity index (χ3v) is 2.93. The van der Waals surface area contributed by atoms with Crippen LogP contribution < -0.4 is 4.90 Å². The molecule has 0 bridgehead atoms. The van der Waals surface area contributed by atoms with E-state index < -0.39 is 0 Å². The quantitative estimate of drug-likeness (QED) is 0.802. The van der Waals surface area contributed by atoms with Gasteiger partial charge in [-0.3, -0.25) is 0 Å². The first-order valence-corrected chi connectivity index (χ1v) is 5.31. The molecule has 5 nitrogen and oxygen atoms in total. The van der Waals surface area contributed by atoms with Crippen molar-refractivity contribution in [1.82, 2.24) is 10.2 Å². The van der Waals surface area contributed by atoms with Crippen molar-refractivity contribution in [3.05, 3.63) is 17.8 Å². The molecule has 0 amide bonds. The Kier molecular flexibility index (Phi) is 3.02. The topological polar surface area (TPSA) is 73.0 Å². The molecule has 1 fully saturated rings. The van der Waals surface area contributed by atoms with Gasteiger partial charge in [-0.15, -0.1) is 5.10 Å². The van der Waals surface area contributed by atoms with Crippen LogP contribution in [-0.2, 0) is 0 Å². The molecule has 0 spiro atoms. The summed E-state index contributed by atoms with van der Waals surface area (Å²) in [5.41, 5.74) is 0.539. The lowest BCUT2D eigenvalue weighted by Gasteiger charge is -2.34. The minimum absolute atomic E-state index is 0.143. The van der Waals surface area contributed by atoms with Crippen LogP contribution in [0.5, 0.6) is 0 Å². The number of rotatable bonds is 3. The fourth-order valence-corrected chi connectivity index (χ4v) is 2.02. The highest BCUT2D eigenvalue weighted by Gasteiger charge is 2.28. The van der Waals surface area contributed by atoms with Crippen LogP contribution in [0.25, 0.3) is 0 Å². The van der Waals surface area contributed by atoms with E-state index in [0.29, 0.717) is 17.3 Å². The van der Waals surface area contributed by atoms with Crippen LogP contribution in [0.2, 0.25) is 0 Å². The van der Waals surface area contributed by atoms with Gasteiger partial charge >= 0.3 is 0 Å². The van der Waals surface area contributed by atoms with Crippen LogP contribution >= 0.6 is 0 Å². The minimum atomic E-state index is -0.143. The fraction of sp³-hybridized carbons (Fsp3) is 0.545. The molecule has 0 saturated heterocycles. The highest BCUT2D eigenvalue weighted by atomic mass is 16.3. The van der Waals surface area contributed by atoms with Crippen molar-refractivity contribution in [2.24, 2.45) is 5.92 Å². The molecule has 0 aliphatic heterocycles.